The lowest BCUT2D eigenvalue weighted by molar-refractivity contribution is 0.629. The number of unbranched alkanes of at least 4 members (excludes halogenated alkanes) is 2. The van der Waals surface area contributed by atoms with Gasteiger partial charge in [0, 0.05) is 5.56 Å². The van der Waals surface area contributed by atoms with E-state index in [2.05, 4.69) is 26.8 Å². The molecule has 0 heterocycles. The van der Waals surface area contributed by atoms with Gasteiger partial charge in [-0.05, 0) is 54.7 Å². The zero-order valence-corrected chi connectivity index (χ0v) is 17.2. The predicted octanol–water partition coefficient (Wildman–Crippen LogP) is 6.93. The number of rotatable bonds is 5. The number of nitriles is 1. The first kappa shape index (κ1) is 22.4. The molecule has 2 nitrogen and oxygen atoms in total. The summed E-state index contributed by atoms with van der Waals surface area (Å²) in [5, 5.41) is 9.30. The second-order valence-corrected chi connectivity index (χ2v) is 6.71. The van der Waals surface area contributed by atoms with Gasteiger partial charge in [-0.25, -0.2) is 4.39 Å². The number of benzene rings is 2. The van der Waals surface area contributed by atoms with Gasteiger partial charge in [0.2, 0.25) is 0 Å². The minimum absolute atomic E-state index is 0.134. The molecule has 2 aromatic rings. The van der Waals surface area contributed by atoms with Gasteiger partial charge < -0.3 is 5.73 Å². The average Bonchev–Trinajstić information content (AvgIpc) is 2.66. The van der Waals surface area contributed by atoms with Crippen LogP contribution in [-0.2, 0) is 0 Å². The topological polar surface area (TPSA) is 49.8 Å². The van der Waals surface area contributed by atoms with Crippen molar-refractivity contribution in [1.29, 1.82) is 5.26 Å². The molecule has 3 heteroatoms. The average molecular weight is 367 g/mol. The number of allylic oxidation sites excluding steroid dienone is 1. The number of halogens is 1. The first-order chi connectivity index (χ1) is 12.9. The van der Waals surface area contributed by atoms with Gasteiger partial charge in [-0.1, -0.05) is 64.3 Å². The van der Waals surface area contributed by atoms with Crippen molar-refractivity contribution in [3.05, 3.63) is 70.0 Å². The Hall–Kier alpha value is -2.60. The Morgan fingerprint density at radius 2 is 1.70 bits per heavy atom. The van der Waals surface area contributed by atoms with Crippen LogP contribution in [-0.4, -0.2) is 0 Å². The molecule has 0 unspecified atom stereocenters. The molecule has 144 valence electrons. The van der Waals surface area contributed by atoms with Crippen LogP contribution in [0.1, 0.15) is 74.3 Å². The second kappa shape index (κ2) is 11.2. The first-order valence-electron chi connectivity index (χ1n) is 9.67. The Balaban J connectivity index is 0.000000828. The van der Waals surface area contributed by atoms with Crippen LogP contribution in [0.3, 0.4) is 0 Å². The van der Waals surface area contributed by atoms with E-state index in [1.807, 2.05) is 32.1 Å². The predicted molar refractivity (Wildman–Crippen MR) is 114 cm³/mol. The summed E-state index contributed by atoms with van der Waals surface area (Å²) in [7, 11) is 0. The largest absolute Gasteiger partial charge is 0.396 e. The Labute approximate surface area is 163 Å². The molecule has 2 rings (SSSR count). The van der Waals surface area contributed by atoms with Crippen LogP contribution in [0.2, 0.25) is 0 Å². The maximum atomic E-state index is 14.5. The van der Waals surface area contributed by atoms with Crippen molar-refractivity contribution in [3.63, 3.8) is 0 Å². The van der Waals surface area contributed by atoms with E-state index in [4.69, 9.17) is 5.73 Å². The zero-order valence-electron chi connectivity index (χ0n) is 17.2. The van der Waals surface area contributed by atoms with Crippen molar-refractivity contribution in [1.82, 2.24) is 0 Å². The Kier molecular flexibility index (Phi) is 9.30. The lowest BCUT2D eigenvalue weighted by Crippen LogP contribution is -2.00. The number of hydrogen-bond donors (Lipinski definition) is 1. The molecule has 0 bridgehead atoms. The molecule has 0 spiro atoms. The Morgan fingerprint density at radius 1 is 1.04 bits per heavy atom. The van der Waals surface area contributed by atoms with Gasteiger partial charge in [-0.15, -0.1) is 0 Å². The van der Waals surface area contributed by atoms with Crippen LogP contribution in [0.5, 0.6) is 0 Å². The summed E-state index contributed by atoms with van der Waals surface area (Å²) in [4.78, 5) is 0. The van der Waals surface area contributed by atoms with Crippen molar-refractivity contribution >= 4 is 11.3 Å². The molecule has 0 amide bonds. The lowest BCUT2D eigenvalue weighted by atomic mass is 9.90. The Bertz CT molecular complexity index is 827. The van der Waals surface area contributed by atoms with Crippen molar-refractivity contribution < 1.29 is 4.39 Å². The van der Waals surface area contributed by atoms with Crippen molar-refractivity contribution in [3.8, 4) is 6.07 Å². The minimum atomic E-state index is -0.409. The number of nitrogens with two attached hydrogens (primary N) is 1. The lowest BCUT2D eigenvalue weighted by Gasteiger charge is -2.15. The summed E-state index contributed by atoms with van der Waals surface area (Å²) in [6.07, 6.45) is 6.46. The highest BCUT2D eigenvalue weighted by molar-refractivity contribution is 5.83. The van der Waals surface area contributed by atoms with Crippen LogP contribution in [0.4, 0.5) is 10.1 Å². The number of nitrogens with zero attached hydrogens (tertiary/aromatic N) is 1. The fraction of sp³-hybridized carbons (Fsp3) is 0.375. The maximum absolute atomic E-state index is 14.5. The molecule has 0 saturated carbocycles. The molecule has 2 aromatic carbocycles. The molecule has 2 N–H and O–H groups in total. The van der Waals surface area contributed by atoms with E-state index < -0.39 is 5.82 Å². The van der Waals surface area contributed by atoms with Gasteiger partial charge in [0.05, 0.1) is 17.3 Å². The smallest absolute Gasteiger partial charge is 0.153 e. The van der Waals surface area contributed by atoms with Crippen molar-refractivity contribution in [2.45, 2.75) is 60.3 Å². The summed E-state index contributed by atoms with van der Waals surface area (Å²) >= 11 is 0. The van der Waals surface area contributed by atoms with E-state index in [-0.39, 0.29) is 5.69 Å². The van der Waals surface area contributed by atoms with Crippen LogP contribution < -0.4 is 5.73 Å². The SMILES string of the molecule is CCC/C=C(\c1cc(C#N)c(C)cc1C)c1cccc(N)c1F.CCCC. The van der Waals surface area contributed by atoms with E-state index >= 15 is 0 Å². The molecule has 0 fully saturated rings. The van der Waals surface area contributed by atoms with E-state index in [9.17, 15) is 9.65 Å². The zero-order chi connectivity index (χ0) is 20.4. The highest BCUT2D eigenvalue weighted by atomic mass is 19.1. The van der Waals surface area contributed by atoms with Crippen LogP contribution >= 0.6 is 0 Å². The van der Waals surface area contributed by atoms with Gasteiger partial charge in [0.1, 0.15) is 0 Å². The molecule has 0 saturated heterocycles. The fourth-order valence-electron chi connectivity index (χ4n) is 2.67. The first-order valence-corrected chi connectivity index (χ1v) is 9.67. The van der Waals surface area contributed by atoms with Gasteiger partial charge in [-0.2, -0.15) is 5.26 Å². The summed E-state index contributed by atoms with van der Waals surface area (Å²) in [5.41, 5.74) is 10.6. The van der Waals surface area contributed by atoms with Crippen LogP contribution in [0.15, 0.2) is 36.4 Å². The summed E-state index contributed by atoms with van der Waals surface area (Å²) < 4.78 is 14.5. The number of nitrogen functional groups attached to an aromatic ring is 1. The van der Waals surface area contributed by atoms with Crippen molar-refractivity contribution in [2.24, 2.45) is 0 Å². The maximum Gasteiger partial charge on any atom is 0.153 e. The highest BCUT2D eigenvalue weighted by Crippen LogP contribution is 2.32. The minimum Gasteiger partial charge on any atom is -0.396 e. The molecule has 0 atom stereocenters. The number of anilines is 1. The van der Waals surface area contributed by atoms with E-state index in [1.165, 1.54) is 12.8 Å². The fourth-order valence-corrected chi connectivity index (χ4v) is 2.67. The Morgan fingerprint density at radius 3 is 2.26 bits per heavy atom. The molecule has 0 aliphatic carbocycles. The van der Waals surface area contributed by atoms with Crippen LogP contribution in [0, 0.1) is 31.0 Å². The molecule has 0 radical (unpaired) electrons. The number of hydrogen-bond acceptors (Lipinski definition) is 2. The molecular weight excluding hydrogens is 335 g/mol. The third-order valence-electron chi connectivity index (χ3n) is 4.44. The quantitative estimate of drug-likeness (QED) is 0.583. The molecule has 27 heavy (non-hydrogen) atoms. The van der Waals surface area contributed by atoms with Gasteiger partial charge in [0.25, 0.3) is 0 Å². The van der Waals surface area contributed by atoms with E-state index in [1.54, 1.807) is 18.2 Å². The third kappa shape index (κ3) is 5.96. The monoisotopic (exact) mass is 366 g/mol. The third-order valence-corrected chi connectivity index (χ3v) is 4.44. The normalized spacial score (nSPS) is 10.8. The molecule has 0 aliphatic rings. The van der Waals surface area contributed by atoms with Crippen LogP contribution in [0.25, 0.3) is 5.57 Å². The van der Waals surface area contributed by atoms with E-state index in [0.717, 1.165) is 35.1 Å². The molecule has 0 aliphatic heterocycles. The van der Waals surface area contributed by atoms with Gasteiger partial charge in [0.15, 0.2) is 5.82 Å². The van der Waals surface area contributed by atoms with Gasteiger partial charge in [-0.3, -0.25) is 0 Å². The molecular formula is C24H31FN2. The van der Waals surface area contributed by atoms with Crippen molar-refractivity contribution in [2.75, 3.05) is 5.73 Å². The van der Waals surface area contributed by atoms with Gasteiger partial charge >= 0.3 is 0 Å². The highest BCUT2D eigenvalue weighted by Gasteiger charge is 2.15. The summed E-state index contributed by atoms with van der Waals surface area (Å²) in [6.45, 7) is 10.3. The summed E-state index contributed by atoms with van der Waals surface area (Å²) in [5.74, 6) is -0.409. The summed E-state index contributed by atoms with van der Waals surface area (Å²) in [6, 6.07) is 11.1. The standard InChI is InChI=1S/C20H21FN2.C4H10/c1-4-5-7-16(17-8-6-9-19(23)20(17)21)18-11-15(12-22)13(2)10-14(18)3;1-3-4-2/h6-11H,4-5,23H2,1-3H3;3-4H2,1-2H3/b16-7-;. The second-order valence-electron chi connectivity index (χ2n) is 6.71. The number of aryl methyl sites for hydroxylation is 2. The van der Waals surface area contributed by atoms with E-state index in [0.29, 0.717) is 11.1 Å². The molecule has 0 aromatic heterocycles.